The summed E-state index contributed by atoms with van der Waals surface area (Å²) in [6.45, 7) is 8.42. The number of unbranched alkanes of at least 4 members (excludes halogenated alkanes) is 2. The molecule has 2 N–H and O–H groups in total. The van der Waals surface area contributed by atoms with Crippen molar-refractivity contribution in [2.45, 2.75) is 110 Å². The highest BCUT2D eigenvalue weighted by atomic mass is 16.8. The summed E-state index contributed by atoms with van der Waals surface area (Å²) in [5.74, 6) is -3.86. The van der Waals surface area contributed by atoms with Crippen LogP contribution in [0.15, 0.2) is 65.3 Å². The minimum Gasteiger partial charge on any atom is -0.479 e. The number of carboxylic acid groups (broad SMARTS) is 2. The van der Waals surface area contributed by atoms with E-state index in [0.717, 1.165) is 56.9 Å². The number of hydrogen-bond acceptors (Lipinski definition) is 4. The van der Waals surface area contributed by atoms with Crippen molar-refractivity contribution in [1.29, 1.82) is 0 Å². The summed E-state index contributed by atoms with van der Waals surface area (Å²) >= 11 is 0. The third kappa shape index (κ3) is 11.1. The molecule has 1 aliphatic heterocycles. The molecule has 0 saturated carbocycles. The van der Waals surface area contributed by atoms with Gasteiger partial charge in [0.1, 0.15) is 0 Å². The van der Waals surface area contributed by atoms with Crippen molar-refractivity contribution in [1.82, 2.24) is 0 Å². The van der Waals surface area contributed by atoms with Gasteiger partial charge < -0.3 is 19.7 Å². The highest BCUT2D eigenvalue weighted by Gasteiger charge is 2.53. The smallest absolute Gasteiger partial charge is 0.336 e. The number of carboxylic acids is 2. The van der Waals surface area contributed by atoms with Crippen LogP contribution in [0.25, 0.3) is 0 Å². The highest BCUT2D eigenvalue weighted by Crippen LogP contribution is 2.37. The average molecular weight is 513 g/mol. The summed E-state index contributed by atoms with van der Waals surface area (Å²) in [6, 6.07) is 10.3. The van der Waals surface area contributed by atoms with Gasteiger partial charge in [-0.25, -0.2) is 9.59 Å². The summed E-state index contributed by atoms with van der Waals surface area (Å²) in [5.41, 5.74) is 5.13. The maximum Gasteiger partial charge on any atom is 0.336 e. The molecule has 0 radical (unpaired) electrons. The van der Waals surface area contributed by atoms with Crippen LogP contribution in [0.2, 0.25) is 0 Å². The minimum atomic E-state index is -1.51. The number of benzene rings is 1. The Balaban J connectivity index is 1.97. The first kappa shape index (κ1) is 30.5. The minimum absolute atomic E-state index is 0.328. The Hall–Kier alpha value is -2.70. The van der Waals surface area contributed by atoms with Crippen LogP contribution in [0, 0.1) is 0 Å². The van der Waals surface area contributed by atoms with Crippen molar-refractivity contribution in [3.63, 3.8) is 0 Å². The first-order valence-corrected chi connectivity index (χ1v) is 13.4. The lowest BCUT2D eigenvalue weighted by Gasteiger charge is -2.27. The molecule has 0 unspecified atom stereocenters. The molecule has 37 heavy (non-hydrogen) atoms. The number of rotatable bonds is 16. The molecular weight excluding hydrogens is 468 g/mol. The van der Waals surface area contributed by atoms with Gasteiger partial charge in [0.2, 0.25) is 0 Å². The largest absolute Gasteiger partial charge is 0.479 e. The first-order valence-electron chi connectivity index (χ1n) is 13.4. The van der Waals surface area contributed by atoms with Crippen LogP contribution >= 0.6 is 0 Å². The molecular formula is C31H44O6. The number of aryl methyl sites for hydroxylation is 1. The predicted molar refractivity (Wildman–Crippen MR) is 146 cm³/mol. The van der Waals surface area contributed by atoms with Gasteiger partial charge in [0, 0.05) is 12.8 Å². The molecule has 1 aliphatic rings. The fourth-order valence-electron chi connectivity index (χ4n) is 4.50. The summed E-state index contributed by atoms with van der Waals surface area (Å²) < 4.78 is 11.7. The number of aliphatic carboxylic acids is 2. The Labute approximate surface area is 222 Å². The molecule has 204 valence electrons. The zero-order valence-corrected chi connectivity index (χ0v) is 22.9. The van der Waals surface area contributed by atoms with Crippen molar-refractivity contribution in [2.24, 2.45) is 0 Å². The second kappa shape index (κ2) is 15.5. The van der Waals surface area contributed by atoms with Gasteiger partial charge in [0.05, 0.1) is 0 Å². The molecule has 2 atom stereocenters. The Morgan fingerprint density at radius 3 is 1.95 bits per heavy atom. The van der Waals surface area contributed by atoms with Gasteiger partial charge in [0.15, 0.2) is 18.0 Å². The predicted octanol–water partition coefficient (Wildman–Crippen LogP) is 7.25. The van der Waals surface area contributed by atoms with E-state index in [9.17, 15) is 19.8 Å². The molecule has 1 heterocycles. The molecule has 0 spiro atoms. The molecule has 0 aliphatic carbocycles. The summed E-state index contributed by atoms with van der Waals surface area (Å²) in [6.07, 6.45) is 11.8. The van der Waals surface area contributed by atoms with Crippen molar-refractivity contribution in [2.75, 3.05) is 0 Å². The normalized spacial score (nSPS) is 19.6. The summed E-state index contributed by atoms with van der Waals surface area (Å²) in [4.78, 5) is 23.4. The zero-order chi connectivity index (χ0) is 27.3. The van der Waals surface area contributed by atoms with Gasteiger partial charge >= 0.3 is 11.9 Å². The lowest BCUT2D eigenvalue weighted by Crippen LogP contribution is -2.36. The molecule has 0 bridgehead atoms. The van der Waals surface area contributed by atoms with E-state index in [1.165, 1.54) is 16.7 Å². The molecule has 1 aromatic rings. The Kier molecular flexibility index (Phi) is 12.8. The first-order chi connectivity index (χ1) is 17.6. The number of carbonyl (C=O) groups is 2. The van der Waals surface area contributed by atoms with E-state index in [0.29, 0.717) is 12.8 Å². The molecule has 1 aromatic carbocycles. The molecule has 1 saturated heterocycles. The zero-order valence-electron chi connectivity index (χ0n) is 22.9. The molecule has 6 nitrogen and oxygen atoms in total. The fraction of sp³-hybridized carbons (Fsp3) is 0.548. The van der Waals surface area contributed by atoms with Crippen LogP contribution in [0.3, 0.4) is 0 Å². The van der Waals surface area contributed by atoms with Gasteiger partial charge in [0.25, 0.3) is 0 Å². The number of allylic oxidation sites excluding steroid dienone is 5. The van der Waals surface area contributed by atoms with Crippen LogP contribution in [0.1, 0.15) is 91.0 Å². The average Bonchev–Trinajstić information content (AvgIpc) is 3.24. The Morgan fingerprint density at radius 2 is 1.38 bits per heavy atom. The van der Waals surface area contributed by atoms with E-state index < -0.39 is 29.9 Å². The summed E-state index contributed by atoms with van der Waals surface area (Å²) in [5, 5.41) is 19.1. The molecule has 0 amide bonds. The molecule has 6 heteroatoms. The fourth-order valence-corrected chi connectivity index (χ4v) is 4.50. The monoisotopic (exact) mass is 512 g/mol. The van der Waals surface area contributed by atoms with Gasteiger partial charge in [-0.1, -0.05) is 71.7 Å². The third-order valence-electron chi connectivity index (χ3n) is 6.70. The van der Waals surface area contributed by atoms with Gasteiger partial charge in [-0.15, -0.1) is 0 Å². The standard InChI is InChI=1S/C31H44O6/c1-23(2)13-11-14-24(3)15-12-16-25(4)20-22-31(36-27(29(32)33)28(37-31)30(34)35)21-10-6-9-19-26-17-7-5-8-18-26/h5,7-8,13,15,17-18,20,27-28H,6,9-12,14,16,19,21-22H2,1-4H3,(H,32,33)(H,34,35)/t27-,28-/m1/s1. The van der Waals surface area contributed by atoms with E-state index in [1.807, 2.05) is 31.2 Å². The maximum atomic E-state index is 11.7. The van der Waals surface area contributed by atoms with Crippen LogP contribution in [-0.2, 0) is 25.5 Å². The van der Waals surface area contributed by atoms with Gasteiger partial charge in [-0.2, -0.15) is 0 Å². The van der Waals surface area contributed by atoms with E-state index in [4.69, 9.17) is 9.47 Å². The maximum absolute atomic E-state index is 11.7. The molecule has 1 fully saturated rings. The SMILES string of the molecule is CC(C)=CCCC(C)=CCCC(C)=CCC1(CCCCCc2ccccc2)O[C@@H](C(=O)O)[C@H](C(=O)O)O1. The van der Waals surface area contributed by atoms with Crippen molar-refractivity contribution in [3.8, 4) is 0 Å². The summed E-state index contributed by atoms with van der Waals surface area (Å²) in [7, 11) is 0. The quantitative estimate of drug-likeness (QED) is 0.179. The van der Waals surface area contributed by atoms with Gasteiger partial charge in [-0.3, -0.25) is 0 Å². The van der Waals surface area contributed by atoms with Crippen LogP contribution < -0.4 is 0 Å². The van der Waals surface area contributed by atoms with E-state index in [1.54, 1.807) is 0 Å². The lowest BCUT2D eigenvalue weighted by molar-refractivity contribution is -0.189. The topological polar surface area (TPSA) is 93.1 Å². The third-order valence-corrected chi connectivity index (χ3v) is 6.70. The van der Waals surface area contributed by atoms with Gasteiger partial charge in [-0.05, 0) is 78.2 Å². The highest BCUT2D eigenvalue weighted by molar-refractivity contribution is 5.84. The van der Waals surface area contributed by atoms with Crippen LogP contribution in [0.4, 0.5) is 0 Å². The van der Waals surface area contributed by atoms with Crippen molar-refractivity contribution >= 4 is 11.9 Å². The van der Waals surface area contributed by atoms with Crippen molar-refractivity contribution in [3.05, 3.63) is 70.8 Å². The van der Waals surface area contributed by atoms with E-state index >= 15 is 0 Å². The number of ether oxygens (including phenoxy) is 2. The Bertz CT molecular complexity index is 933. The van der Waals surface area contributed by atoms with E-state index in [-0.39, 0.29) is 0 Å². The van der Waals surface area contributed by atoms with Crippen LogP contribution in [0.5, 0.6) is 0 Å². The molecule has 0 aromatic heterocycles. The van der Waals surface area contributed by atoms with Crippen LogP contribution in [-0.4, -0.2) is 40.1 Å². The lowest BCUT2D eigenvalue weighted by atomic mass is 9.99. The second-order valence-electron chi connectivity index (χ2n) is 10.4. The molecule has 2 rings (SSSR count). The number of hydrogen-bond donors (Lipinski definition) is 2. The Morgan fingerprint density at radius 1 is 0.811 bits per heavy atom. The second-order valence-corrected chi connectivity index (χ2v) is 10.4. The van der Waals surface area contributed by atoms with Crippen molar-refractivity contribution < 1.29 is 29.3 Å². The van der Waals surface area contributed by atoms with E-state index in [2.05, 4.69) is 45.1 Å².